The predicted molar refractivity (Wildman–Crippen MR) is 82.0 cm³/mol. The molecular formula is C15H33N3O. The Balaban J connectivity index is 3.79. The molecule has 0 aromatic carbocycles. The molecule has 0 saturated heterocycles. The molecule has 0 aliphatic rings. The number of likely N-dealkylation sites (N-methyl/N-ethyl adjacent to an activating group) is 1. The van der Waals surface area contributed by atoms with Gasteiger partial charge in [0.25, 0.3) is 0 Å². The minimum absolute atomic E-state index is 0.176. The van der Waals surface area contributed by atoms with E-state index in [0.717, 1.165) is 39.0 Å². The third-order valence-electron chi connectivity index (χ3n) is 3.87. The van der Waals surface area contributed by atoms with Crippen molar-refractivity contribution in [3.63, 3.8) is 0 Å². The summed E-state index contributed by atoms with van der Waals surface area (Å²) in [6.07, 6.45) is 2.59. The molecule has 0 saturated carbocycles. The van der Waals surface area contributed by atoms with Crippen LogP contribution < -0.4 is 11.1 Å². The Labute approximate surface area is 119 Å². The van der Waals surface area contributed by atoms with E-state index in [1.54, 1.807) is 0 Å². The standard InChI is InChI=1S/C15H33N3O/c1-5-18(6-2)12-11-17-15(19)8-7-14(9-10-16)13(3)4/h13-14H,5-12,16H2,1-4H3,(H,17,19). The number of carbonyl (C=O) groups is 1. The first-order valence-corrected chi connectivity index (χ1v) is 7.74. The molecule has 19 heavy (non-hydrogen) atoms. The molecule has 0 fully saturated rings. The van der Waals surface area contributed by atoms with Gasteiger partial charge >= 0.3 is 0 Å². The smallest absolute Gasteiger partial charge is 0.220 e. The van der Waals surface area contributed by atoms with Crippen LogP contribution >= 0.6 is 0 Å². The highest BCUT2D eigenvalue weighted by Gasteiger charge is 2.14. The zero-order chi connectivity index (χ0) is 14.7. The number of nitrogens with zero attached hydrogens (tertiary/aromatic N) is 1. The summed E-state index contributed by atoms with van der Waals surface area (Å²) in [5.74, 6) is 1.35. The molecule has 0 aromatic rings. The molecule has 3 N–H and O–H groups in total. The molecule has 1 amide bonds. The maximum atomic E-state index is 11.8. The van der Waals surface area contributed by atoms with Crippen molar-refractivity contribution >= 4 is 5.91 Å². The summed E-state index contributed by atoms with van der Waals surface area (Å²) in [5.41, 5.74) is 5.61. The monoisotopic (exact) mass is 271 g/mol. The lowest BCUT2D eigenvalue weighted by Gasteiger charge is -2.20. The second-order valence-corrected chi connectivity index (χ2v) is 5.50. The number of nitrogens with one attached hydrogen (secondary N) is 1. The van der Waals surface area contributed by atoms with Crippen molar-refractivity contribution in [1.29, 1.82) is 0 Å². The molecule has 0 heterocycles. The van der Waals surface area contributed by atoms with E-state index >= 15 is 0 Å². The molecule has 0 aromatic heterocycles. The van der Waals surface area contributed by atoms with Crippen LogP contribution in [0, 0.1) is 11.8 Å². The van der Waals surface area contributed by atoms with Gasteiger partial charge in [0.15, 0.2) is 0 Å². The van der Waals surface area contributed by atoms with Gasteiger partial charge in [-0.3, -0.25) is 4.79 Å². The first-order chi connectivity index (χ1) is 9.04. The summed E-state index contributed by atoms with van der Waals surface area (Å²) < 4.78 is 0. The number of hydrogen-bond acceptors (Lipinski definition) is 3. The van der Waals surface area contributed by atoms with Gasteiger partial charge in [-0.1, -0.05) is 27.7 Å². The van der Waals surface area contributed by atoms with E-state index in [1.807, 2.05) is 0 Å². The number of amides is 1. The van der Waals surface area contributed by atoms with Crippen LogP contribution in [-0.2, 0) is 4.79 Å². The highest BCUT2D eigenvalue weighted by atomic mass is 16.1. The molecule has 4 heteroatoms. The van der Waals surface area contributed by atoms with Crippen molar-refractivity contribution in [3.8, 4) is 0 Å². The fraction of sp³-hybridized carbons (Fsp3) is 0.933. The highest BCUT2D eigenvalue weighted by molar-refractivity contribution is 5.75. The summed E-state index contributed by atoms with van der Waals surface area (Å²) in [4.78, 5) is 14.1. The van der Waals surface area contributed by atoms with Gasteiger partial charge in [-0.25, -0.2) is 0 Å². The maximum Gasteiger partial charge on any atom is 0.220 e. The van der Waals surface area contributed by atoms with Gasteiger partial charge in [-0.15, -0.1) is 0 Å². The van der Waals surface area contributed by atoms with Crippen LogP contribution in [-0.4, -0.2) is 43.5 Å². The number of rotatable bonds is 11. The Kier molecular flexibility index (Phi) is 10.9. The number of nitrogens with two attached hydrogens (primary N) is 1. The van der Waals surface area contributed by atoms with Crippen molar-refractivity contribution in [2.75, 3.05) is 32.7 Å². The van der Waals surface area contributed by atoms with E-state index in [2.05, 4.69) is 37.9 Å². The molecular weight excluding hydrogens is 238 g/mol. The topological polar surface area (TPSA) is 58.4 Å². The SMILES string of the molecule is CCN(CC)CCNC(=O)CCC(CCN)C(C)C. The zero-order valence-electron chi connectivity index (χ0n) is 13.2. The third-order valence-corrected chi connectivity index (χ3v) is 3.87. The first-order valence-electron chi connectivity index (χ1n) is 7.74. The summed E-state index contributed by atoms with van der Waals surface area (Å²) in [6, 6.07) is 0. The van der Waals surface area contributed by atoms with Crippen LogP contribution in [0.25, 0.3) is 0 Å². The van der Waals surface area contributed by atoms with Crippen molar-refractivity contribution in [2.45, 2.75) is 47.0 Å². The van der Waals surface area contributed by atoms with Crippen LogP contribution in [0.3, 0.4) is 0 Å². The average molecular weight is 271 g/mol. The van der Waals surface area contributed by atoms with Crippen molar-refractivity contribution in [3.05, 3.63) is 0 Å². The van der Waals surface area contributed by atoms with Crippen LogP contribution in [0.15, 0.2) is 0 Å². The van der Waals surface area contributed by atoms with E-state index in [0.29, 0.717) is 24.8 Å². The summed E-state index contributed by atoms with van der Waals surface area (Å²) >= 11 is 0. The van der Waals surface area contributed by atoms with Gasteiger partial charge in [0, 0.05) is 19.5 Å². The van der Waals surface area contributed by atoms with Gasteiger partial charge in [0.1, 0.15) is 0 Å². The van der Waals surface area contributed by atoms with E-state index < -0.39 is 0 Å². The van der Waals surface area contributed by atoms with E-state index in [4.69, 9.17) is 5.73 Å². The maximum absolute atomic E-state index is 11.8. The molecule has 4 nitrogen and oxygen atoms in total. The zero-order valence-corrected chi connectivity index (χ0v) is 13.2. The van der Waals surface area contributed by atoms with E-state index in [-0.39, 0.29) is 5.91 Å². The molecule has 114 valence electrons. The van der Waals surface area contributed by atoms with Crippen LogP contribution in [0.2, 0.25) is 0 Å². The first kappa shape index (κ1) is 18.4. The fourth-order valence-electron chi connectivity index (χ4n) is 2.32. The minimum Gasteiger partial charge on any atom is -0.355 e. The quantitative estimate of drug-likeness (QED) is 0.603. The van der Waals surface area contributed by atoms with Crippen molar-refractivity contribution in [1.82, 2.24) is 10.2 Å². The van der Waals surface area contributed by atoms with Gasteiger partial charge in [-0.2, -0.15) is 0 Å². The van der Waals surface area contributed by atoms with Crippen LogP contribution in [0.4, 0.5) is 0 Å². The van der Waals surface area contributed by atoms with Crippen LogP contribution in [0.5, 0.6) is 0 Å². The third kappa shape index (κ3) is 9.00. The molecule has 1 atom stereocenters. The molecule has 0 aliphatic carbocycles. The molecule has 0 rings (SSSR count). The Morgan fingerprint density at radius 1 is 1.21 bits per heavy atom. The normalized spacial score (nSPS) is 13.0. The highest BCUT2D eigenvalue weighted by Crippen LogP contribution is 2.20. The number of carbonyl (C=O) groups excluding carboxylic acids is 1. The molecule has 0 aliphatic heterocycles. The molecule has 0 spiro atoms. The van der Waals surface area contributed by atoms with Gasteiger partial charge in [-0.05, 0) is 44.3 Å². The summed E-state index contributed by atoms with van der Waals surface area (Å²) in [6.45, 7) is 13.2. The largest absolute Gasteiger partial charge is 0.355 e. The predicted octanol–water partition coefficient (Wildman–Crippen LogP) is 1.85. The lowest BCUT2D eigenvalue weighted by molar-refractivity contribution is -0.121. The Morgan fingerprint density at radius 2 is 1.84 bits per heavy atom. The molecule has 0 radical (unpaired) electrons. The number of hydrogen-bond donors (Lipinski definition) is 2. The Hall–Kier alpha value is -0.610. The summed E-state index contributed by atoms with van der Waals surface area (Å²) in [5, 5.41) is 3.01. The van der Waals surface area contributed by atoms with Crippen molar-refractivity contribution in [2.24, 2.45) is 17.6 Å². The lowest BCUT2D eigenvalue weighted by atomic mass is 9.88. The lowest BCUT2D eigenvalue weighted by Crippen LogP contribution is -2.35. The van der Waals surface area contributed by atoms with Gasteiger partial charge in [0.2, 0.25) is 5.91 Å². The second-order valence-electron chi connectivity index (χ2n) is 5.50. The summed E-state index contributed by atoms with van der Waals surface area (Å²) in [7, 11) is 0. The Bertz CT molecular complexity index is 227. The average Bonchev–Trinajstić information content (AvgIpc) is 2.39. The Morgan fingerprint density at radius 3 is 2.32 bits per heavy atom. The molecule has 0 bridgehead atoms. The van der Waals surface area contributed by atoms with Crippen molar-refractivity contribution < 1.29 is 4.79 Å². The second kappa shape index (κ2) is 11.2. The van der Waals surface area contributed by atoms with E-state index in [9.17, 15) is 4.79 Å². The van der Waals surface area contributed by atoms with E-state index in [1.165, 1.54) is 0 Å². The molecule has 1 unspecified atom stereocenters. The minimum atomic E-state index is 0.176. The van der Waals surface area contributed by atoms with Gasteiger partial charge in [0.05, 0.1) is 0 Å². The van der Waals surface area contributed by atoms with Gasteiger partial charge < -0.3 is 16.0 Å². The fourth-order valence-corrected chi connectivity index (χ4v) is 2.32. The van der Waals surface area contributed by atoms with Crippen LogP contribution in [0.1, 0.15) is 47.0 Å².